The van der Waals surface area contributed by atoms with Crippen LogP contribution in [0.25, 0.3) is 0 Å². The lowest BCUT2D eigenvalue weighted by atomic mass is 9.38. The van der Waals surface area contributed by atoms with E-state index < -0.39 is 101 Å². The summed E-state index contributed by atoms with van der Waals surface area (Å²) in [5.41, 5.74) is -3.35. The molecular formula is C55H77BrN3O14P. The number of hydrogen-bond acceptors (Lipinski definition) is 14. The molecule has 1 aliphatic heterocycles. The molecule has 1 heterocycles. The van der Waals surface area contributed by atoms with Gasteiger partial charge in [-0.3, -0.25) is 42.3 Å². The zero-order valence-electron chi connectivity index (χ0n) is 44.9. The highest BCUT2D eigenvalue weighted by molar-refractivity contribution is 9.09. The maximum absolute atomic E-state index is 15.3. The number of benzene rings is 1. The van der Waals surface area contributed by atoms with E-state index in [1.165, 1.54) is 0 Å². The highest BCUT2D eigenvalue weighted by Crippen LogP contribution is 2.71. The van der Waals surface area contributed by atoms with Gasteiger partial charge in [-0.1, -0.05) is 65.7 Å². The maximum atomic E-state index is 15.3. The number of aliphatic hydroxyl groups is 1. The van der Waals surface area contributed by atoms with Crippen molar-refractivity contribution in [2.45, 2.75) is 193 Å². The number of allylic oxidation sites excluding steroid dienone is 4. The molecule has 7 fully saturated rings. The van der Waals surface area contributed by atoms with Gasteiger partial charge in [0.1, 0.15) is 18.2 Å². The number of phosphoric ester groups is 1. The Balaban J connectivity index is 0.966. The van der Waals surface area contributed by atoms with Crippen LogP contribution in [0.1, 0.15) is 151 Å². The fraction of sp³-hybridized carbons (Fsp3) is 0.709. The fourth-order valence-corrected chi connectivity index (χ4v) is 15.9. The van der Waals surface area contributed by atoms with E-state index in [2.05, 4.69) is 38.8 Å². The van der Waals surface area contributed by atoms with Gasteiger partial charge in [0.25, 0.3) is 0 Å². The van der Waals surface area contributed by atoms with Crippen molar-refractivity contribution in [3.63, 3.8) is 0 Å². The molecule has 9 rings (SSSR count). The van der Waals surface area contributed by atoms with Crippen molar-refractivity contribution >= 4 is 59.0 Å². The molecule has 8 aliphatic rings. The quantitative estimate of drug-likeness (QED) is 0.0626. The van der Waals surface area contributed by atoms with Crippen LogP contribution in [0.2, 0.25) is 0 Å². The van der Waals surface area contributed by atoms with Gasteiger partial charge < -0.3 is 35.3 Å². The summed E-state index contributed by atoms with van der Waals surface area (Å²) in [7, 11) is -4.32. The summed E-state index contributed by atoms with van der Waals surface area (Å²) >= 11 is 3.05. The minimum absolute atomic E-state index is 0.0217. The minimum Gasteiger partial charge on any atom is -0.460 e. The zero-order chi connectivity index (χ0) is 54.2. The van der Waals surface area contributed by atoms with Crippen LogP contribution < -0.4 is 16.0 Å². The predicted octanol–water partition coefficient (Wildman–Crippen LogP) is 7.75. The first-order valence-electron chi connectivity index (χ1n) is 26.1. The van der Waals surface area contributed by atoms with Crippen LogP contribution in [0.15, 0.2) is 48.1 Å². The molecule has 0 radical (unpaired) electrons. The van der Waals surface area contributed by atoms with E-state index in [9.17, 15) is 33.6 Å². The zero-order valence-corrected chi connectivity index (χ0v) is 47.3. The van der Waals surface area contributed by atoms with Gasteiger partial charge in [-0.25, -0.2) is 4.57 Å². The van der Waals surface area contributed by atoms with Crippen molar-refractivity contribution in [3.05, 3.63) is 59.2 Å². The number of ether oxygens (including phenoxy) is 3. The van der Waals surface area contributed by atoms with Crippen LogP contribution in [0.4, 0.5) is 0 Å². The fourth-order valence-electron chi connectivity index (χ4n) is 14.0. The van der Waals surface area contributed by atoms with Gasteiger partial charge in [0.2, 0.25) is 17.7 Å². The molecule has 1 aromatic rings. The molecule has 1 saturated heterocycles. The molecule has 0 unspecified atom stereocenters. The Morgan fingerprint density at radius 2 is 1.58 bits per heavy atom. The molecule has 17 nitrogen and oxygen atoms in total. The Labute approximate surface area is 443 Å². The van der Waals surface area contributed by atoms with Crippen LogP contribution in [0.3, 0.4) is 0 Å². The number of aliphatic hydroxyl groups excluding tert-OH is 1. The summed E-state index contributed by atoms with van der Waals surface area (Å²) in [6, 6.07) is 6.92. The van der Waals surface area contributed by atoms with Gasteiger partial charge in [-0.05, 0) is 155 Å². The van der Waals surface area contributed by atoms with Crippen molar-refractivity contribution in [2.75, 3.05) is 18.5 Å². The van der Waals surface area contributed by atoms with E-state index >= 15 is 4.79 Å². The number of alkyl halides is 1. The second-order valence-electron chi connectivity index (χ2n) is 25.7. The third kappa shape index (κ3) is 11.4. The molecule has 10 atom stereocenters. The second kappa shape index (κ2) is 20.0. The Bertz CT molecular complexity index is 2490. The van der Waals surface area contributed by atoms with Gasteiger partial charge in [0.05, 0.1) is 35.3 Å². The number of fused-ring (bicyclic) bond motifs is 7. The molecule has 408 valence electrons. The predicted molar refractivity (Wildman–Crippen MR) is 276 cm³/mol. The molecule has 0 aromatic heterocycles. The lowest BCUT2D eigenvalue weighted by Gasteiger charge is -2.71. The van der Waals surface area contributed by atoms with Gasteiger partial charge in [-0.2, -0.15) is 0 Å². The summed E-state index contributed by atoms with van der Waals surface area (Å²) in [5, 5.41) is 20.7. The van der Waals surface area contributed by atoms with Crippen molar-refractivity contribution in [1.82, 2.24) is 16.0 Å². The first kappa shape index (κ1) is 56.6. The number of ketones is 2. The molecular weight excluding hydrogens is 1040 g/mol. The molecule has 2 bridgehead atoms. The number of esters is 1. The monoisotopic (exact) mass is 1110 g/mol. The van der Waals surface area contributed by atoms with E-state index in [0.29, 0.717) is 18.4 Å². The number of nitrogens with one attached hydrogen (secondary N) is 3. The molecule has 19 heteroatoms. The second-order valence-corrected chi connectivity index (χ2v) is 27.8. The summed E-state index contributed by atoms with van der Waals surface area (Å²) in [5.74, 6) is -2.68. The van der Waals surface area contributed by atoms with E-state index in [0.717, 1.165) is 43.2 Å². The lowest BCUT2D eigenvalue weighted by Crippen LogP contribution is -2.76. The van der Waals surface area contributed by atoms with Gasteiger partial charge in [-0.15, -0.1) is 0 Å². The number of Topliss-reactive ketones (excluding diaryl/α,β-unsaturated/α-hetero) is 1. The average molecular weight is 1120 g/mol. The van der Waals surface area contributed by atoms with Crippen molar-refractivity contribution in [1.29, 1.82) is 0 Å². The third-order valence-corrected chi connectivity index (χ3v) is 18.9. The van der Waals surface area contributed by atoms with E-state index in [-0.39, 0.29) is 66.0 Å². The molecule has 4 N–H and O–H groups in total. The number of amides is 3. The first-order valence-corrected chi connectivity index (χ1v) is 28.7. The Morgan fingerprint density at radius 1 is 0.932 bits per heavy atom. The third-order valence-electron chi connectivity index (χ3n) is 16.4. The summed E-state index contributed by atoms with van der Waals surface area (Å²) in [4.78, 5) is 78.6. The highest BCUT2D eigenvalue weighted by Gasteiger charge is 2.76. The molecule has 0 spiro atoms. The molecule has 3 amide bonds. The lowest BCUT2D eigenvalue weighted by molar-refractivity contribution is -0.201. The number of phosphoric acid groups is 1. The number of hydrogen-bond donors (Lipinski definition) is 4. The van der Waals surface area contributed by atoms with Crippen molar-refractivity contribution < 1.29 is 66.2 Å². The van der Waals surface area contributed by atoms with Gasteiger partial charge in [0, 0.05) is 34.3 Å². The molecule has 1 aromatic carbocycles. The van der Waals surface area contributed by atoms with Crippen molar-refractivity contribution in [3.8, 4) is 0 Å². The number of halogens is 1. The first-order chi connectivity index (χ1) is 34.2. The van der Waals surface area contributed by atoms with Crippen LogP contribution in [-0.4, -0.2) is 105 Å². The molecule has 6 saturated carbocycles. The standard InChI is InChI=1S/C55H77BrN3O14P/c1-48(2,3)70-44(65)19-18-38(58-43(64)27-57-42(63)26-56)46(66)59-54-29-53(30-54,31-54)24-32-12-14-33(15-13-32)47-69-41-23-37-36-17-16-34-22-35(60)20-21-51(34,10)45(36)39(61)25-52(37,11)55(41,71-47)40(62)28-68-74(67,72-49(4,5)6)73-50(7,8)9/h12-15,20-22,36-39,41,45,47,61H,16-19,23-31H2,1-11H3,(H,57,63)(H,58,64)(H,59,66)/t36-,37-,38-,39-,41+,45+,47+,51-,52-,53?,54?,55+/m0/s1. The Hall–Kier alpha value is -3.61. The molecule has 7 aliphatic carbocycles. The van der Waals surface area contributed by atoms with Gasteiger partial charge in [0.15, 0.2) is 23.5 Å². The van der Waals surface area contributed by atoms with Crippen LogP contribution in [0, 0.1) is 34.0 Å². The summed E-state index contributed by atoms with van der Waals surface area (Å²) < 4.78 is 51.5. The summed E-state index contributed by atoms with van der Waals surface area (Å²) in [6.45, 7) is 18.8. The van der Waals surface area contributed by atoms with Crippen LogP contribution in [-0.2, 0) is 67.5 Å². The average Bonchev–Trinajstić information content (AvgIpc) is 3.76. The van der Waals surface area contributed by atoms with E-state index in [1.54, 1.807) is 74.5 Å². The smallest absolute Gasteiger partial charge is 0.460 e. The highest BCUT2D eigenvalue weighted by atomic mass is 79.9. The molecule has 74 heavy (non-hydrogen) atoms. The number of rotatable bonds is 18. The Kier molecular flexibility index (Phi) is 15.3. The topological polar surface area (TPSA) is 231 Å². The van der Waals surface area contributed by atoms with E-state index in [4.69, 9.17) is 27.8 Å². The minimum atomic E-state index is -4.32. The normalized spacial score (nSPS) is 34.3. The number of carbonyl (C=O) groups excluding carboxylic acids is 6. The number of carbonyl (C=O) groups is 6. The van der Waals surface area contributed by atoms with E-state index in [1.807, 2.05) is 37.3 Å². The van der Waals surface area contributed by atoms with Crippen LogP contribution in [0.5, 0.6) is 0 Å². The SMILES string of the molecule is CC(C)(C)OC(=O)CC[C@H](NC(=O)CNC(=O)CBr)C(=O)NC12CC(Cc3ccc([C@@H]4O[C@@H]5C[C@H]6[C@@H]7CCC8=CC(=O)C=C[C@]8(C)[C@H]7[C@@H](O)C[C@]6(C)[C@]5(C(=O)COP(=O)(OC(C)(C)C)OC(C)(C)C)O4)cc3)(C1)C2. The van der Waals surface area contributed by atoms with Gasteiger partial charge >= 0.3 is 13.8 Å². The maximum Gasteiger partial charge on any atom is 0.476 e. The van der Waals surface area contributed by atoms with Crippen molar-refractivity contribution in [2.24, 2.45) is 34.0 Å². The summed E-state index contributed by atoms with van der Waals surface area (Å²) in [6.07, 6.45) is 7.72. The van der Waals surface area contributed by atoms with Crippen LogP contribution >= 0.6 is 23.8 Å². The Morgan fingerprint density at radius 3 is 2.19 bits per heavy atom. The largest absolute Gasteiger partial charge is 0.476 e.